The summed E-state index contributed by atoms with van der Waals surface area (Å²) in [4.78, 5) is 11.4. The Hall–Kier alpha value is -2.09. The van der Waals surface area contributed by atoms with Gasteiger partial charge in [0.25, 0.3) is 0 Å². The molecule has 2 nitrogen and oxygen atoms in total. The number of rotatable bonds is 6. The summed E-state index contributed by atoms with van der Waals surface area (Å²) in [5.41, 5.74) is 3.27. The van der Waals surface area contributed by atoms with Crippen LogP contribution in [0.2, 0.25) is 0 Å². The third kappa shape index (κ3) is 5.23. The van der Waals surface area contributed by atoms with E-state index in [1.54, 1.807) is 0 Å². The van der Waals surface area contributed by atoms with Crippen molar-refractivity contribution in [2.24, 2.45) is 0 Å². The van der Waals surface area contributed by atoms with Gasteiger partial charge < -0.3 is 4.74 Å². The molecule has 2 aromatic carbocycles. The molecule has 2 heteroatoms. The maximum Gasteiger partial charge on any atom is 0.339 e. The molecule has 0 aromatic heterocycles. The minimum Gasteiger partial charge on any atom is -0.454 e. The van der Waals surface area contributed by atoms with Crippen molar-refractivity contribution in [1.29, 1.82) is 0 Å². The number of carbonyl (C=O) groups excluding carboxylic acids is 1. The number of hydrogen-bond donors (Lipinski definition) is 0. The highest BCUT2D eigenvalue weighted by Gasteiger charge is 2.29. The first-order valence-corrected chi connectivity index (χ1v) is 9.10. The largest absolute Gasteiger partial charge is 0.454 e. The van der Waals surface area contributed by atoms with Crippen LogP contribution in [0.15, 0.2) is 54.6 Å². The van der Waals surface area contributed by atoms with Crippen LogP contribution in [0.5, 0.6) is 0 Å². The molecule has 0 N–H and O–H groups in total. The fourth-order valence-corrected chi connectivity index (χ4v) is 2.85. The minimum absolute atomic E-state index is 0.00125. The van der Waals surface area contributed by atoms with Gasteiger partial charge in [-0.25, -0.2) is 4.79 Å². The fourth-order valence-electron chi connectivity index (χ4n) is 2.85. The van der Waals surface area contributed by atoms with E-state index in [2.05, 4.69) is 44.2 Å². The van der Waals surface area contributed by atoms with Crippen LogP contribution in [0.1, 0.15) is 73.5 Å². The van der Waals surface area contributed by atoms with Crippen molar-refractivity contribution in [1.82, 2.24) is 0 Å². The monoisotopic (exact) mass is 324 g/mol. The maximum atomic E-state index is 11.4. The molecule has 1 atom stereocenters. The van der Waals surface area contributed by atoms with Gasteiger partial charge in [-0.1, -0.05) is 75.2 Å². The third-order valence-electron chi connectivity index (χ3n) is 4.26. The predicted octanol–water partition coefficient (Wildman–Crippen LogP) is 6.12. The number of ether oxygens (including phenoxy) is 1. The summed E-state index contributed by atoms with van der Waals surface area (Å²) < 4.78 is 5.29. The molecule has 0 fully saturated rings. The summed E-state index contributed by atoms with van der Waals surface area (Å²) in [6.07, 6.45) is 7.01. The zero-order chi connectivity index (χ0) is 17.2. The Kier molecular flexibility index (Phi) is 7.54. The Balaban J connectivity index is 0.000000185. The average Bonchev–Trinajstić information content (AvgIpc) is 2.96. The molecule has 0 saturated carbocycles. The molecule has 0 amide bonds. The second-order valence-electron chi connectivity index (χ2n) is 6.21. The van der Waals surface area contributed by atoms with Crippen LogP contribution in [0.25, 0.3) is 0 Å². The lowest BCUT2D eigenvalue weighted by Crippen LogP contribution is -1.98. The lowest BCUT2D eigenvalue weighted by molar-refractivity contribution is 0.0364. The lowest BCUT2D eigenvalue weighted by Gasteiger charge is -2.08. The molecular formula is C22H28O2. The van der Waals surface area contributed by atoms with Gasteiger partial charge in [-0.2, -0.15) is 0 Å². The Morgan fingerprint density at radius 2 is 1.54 bits per heavy atom. The molecule has 0 bridgehead atoms. The number of cyclic esters (lactones) is 1. The number of esters is 1. The summed E-state index contributed by atoms with van der Waals surface area (Å²) in [5, 5.41) is 0. The van der Waals surface area contributed by atoms with E-state index in [-0.39, 0.29) is 12.1 Å². The molecule has 0 spiro atoms. The molecule has 0 saturated heterocycles. The molecule has 3 rings (SSSR count). The fraction of sp³-hybridized carbons (Fsp3) is 0.409. The Labute approximate surface area is 145 Å². The van der Waals surface area contributed by atoms with E-state index in [0.29, 0.717) is 0 Å². The second-order valence-corrected chi connectivity index (χ2v) is 6.21. The van der Waals surface area contributed by atoms with E-state index < -0.39 is 0 Å². The molecule has 1 unspecified atom stereocenters. The van der Waals surface area contributed by atoms with Crippen molar-refractivity contribution in [3.63, 3.8) is 0 Å². The first-order chi connectivity index (χ1) is 11.8. The van der Waals surface area contributed by atoms with Gasteiger partial charge in [-0.05, 0) is 37.3 Å². The summed E-state index contributed by atoms with van der Waals surface area (Å²) in [5.74, 6) is -0.165. The number of benzene rings is 2. The van der Waals surface area contributed by atoms with Gasteiger partial charge in [0, 0.05) is 5.56 Å². The van der Waals surface area contributed by atoms with Gasteiger partial charge in [0.2, 0.25) is 0 Å². The predicted molar refractivity (Wildman–Crippen MR) is 99.2 cm³/mol. The van der Waals surface area contributed by atoms with Crippen molar-refractivity contribution < 1.29 is 9.53 Å². The zero-order valence-electron chi connectivity index (χ0n) is 14.8. The summed E-state index contributed by atoms with van der Waals surface area (Å²) in [6.45, 7) is 4.37. The molecule has 24 heavy (non-hydrogen) atoms. The van der Waals surface area contributed by atoms with Gasteiger partial charge in [0.05, 0.1) is 5.56 Å². The van der Waals surface area contributed by atoms with Crippen LogP contribution in [0, 0.1) is 0 Å². The van der Waals surface area contributed by atoms with E-state index in [1.807, 2.05) is 24.3 Å². The molecule has 1 aliphatic rings. The number of carbonyl (C=O) groups is 1. The maximum absolute atomic E-state index is 11.4. The normalized spacial score (nSPS) is 15.2. The summed E-state index contributed by atoms with van der Waals surface area (Å²) in [7, 11) is 0. The van der Waals surface area contributed by atoms with Gasteiger partial charge in [-0.3, -0.25) is 0 Å². The van der Waals surface area contributed by atoms with E-state index in [1.165, 1.54) is 24.8 Å². The van der Waals surface area contributed by atoms with Crippen molar-refractivity contribution >= 4 is 5.97 Å². The average molecular weight is 324 g/mol. The quantitative estimate of drug-likeness (QED) is 0.598. The molecule has 1 aliphatic heterocycles. The molecular weight excluding hydrogens is 296 g/mol. The van der Waals surface area contributed by atoms with Crippen LogP contribution in [-0.4, -0.2) is 5.97 Å². The van der Waals surface area contributed by atoms with E-state index in [4.69, 9.17) is 4.74 Å². The first kappa shape index (κ1) is 18.3. The number of hydrogen-bond acceptors (Lipinski definition) is 2. The smallest absolute Gasteiger partial charge is 0.339 e. The minimum atomic E-state index is -0.165. The van der Waals surface area contributed by atoms with Crippen LogP contribution in [0.4, 0.5) is 0 Å². The SMILES string of the molecule is CCCCC1OC(=O)c2ccccc21.CCCCc1ccccc1. The van der Waals surface area contributed by atoms with Crippen molar-refractivity contribution in [2.45, 2.75) is 58.5 Å². The highest BCUT2D eigenvalue weighted by atomic mass is 16.5. The second kappa shape index (κ2) is 9.92. The highest BCUT2D eigenvalue weighted by Crippen LogP contribution is 2.33. The van der Waals surface area contributed by atoms with Crippen molar-refractivity contribution in [3.8, 4) is 0 Å². The Bertz CT molecular complexity index is 619. The van der Waals surface area contributed by atoms with Gasteiger partial charge in [0.1, 0.15) is 6.10 Å². The number of unbranched alkanes of at least 4 members (excludes halogenated alkanes) is 2. The molecule has 0 radical (unpaired) electrons. The molecule has 2 aromatic rings. The summed E-state index contributed by atoms with van der Waals surface area (Å²) in [6, 6.07) is 18.3. The van der Waals surface area contributed by atoms with E-state index in [9.17, 15) is 4.79 Å². The van der Waals surface area contributed by atoms with E-state index >= 15 is 0 Å². The lowest BCUT2D eigenvalue weighted by atomic mass is 10.0. The standard InChI is InChI=1S/C12H14O2.C10H14/c1-2-3-8-11-9-6-4-5-7-10(9)12(13)14-11;1-2-3-7-10-8-5-4-6-9-10/h4-7,11H,2-3,8H2,1H3;4-6,8-9H,2-3,7H2,1H3. The van der Waals surface area contributed by atoms with Crippen LogP contribution in [0.3, 0.4) is 0 Å². The van der Waals surface area contributed by atoms with Gasteiger partial charge in [-0.15, -0.1) is 0 Å². The molecule has 128 valence electrons. The Morgan fingerprint density at radius 3 is 2.25 bits per heavy atom. The number of fused-ring (bicyclic) bond motifs is 1. The molecule has 1 heterocycles. The first-order valence-electron chi connectivity index (χ1n) is 9.10. The van der Waals surface area contributed by atoms with Crippen LogP contribution < -0.4 is 0 Å². The topological polar surface area (TPSA) is 26.3 Å². The highest BCUT2D eigenvalue weighted by molar-refractivity contribution is 5.93. The van der Waals surface area contributed by atoms with Crippen LogP contribution >= 0.6 is 0 Å². The van der Waals surface area contributed by atoms with Crippen molar-refractivity contribution in [3.05, 3.63) is 71.3 Å². The summed E-state index contributed by atoms with van der Waals surface area (Å²) >= 11 is 0. The van der Waals surface area contributed by atoms with E-state index in [0.717, 1.165) is 30.4 Å². The molecule has 0 aliphatic carbocycles. The van der Waals surface area contributed by atoms with Gasteiger partial charge >= 0.3 is 5.97 Å². The number of aryl methyl sites for hydroxylation is 1. The van der Waals surface area contributed by atoms with Crippen LogP contribution in [-0.2, 0) is 11.2 Å². The third-order valence-corrected chi connectivity index (χ3v) is 4.26. The van der Waals surface area contributed by atoms with Gasteiger partial charge in [0.15, 0.2) is 0 Å². The zero-order valence-corrected chi connectivity index (χ0v) is 14.8. The van der Waals surface area contributed by atoms with Crippen molar-refractivity contribution in [2.75, 3.05) is 0 Å². The Morgan fingerprint density at radius 1 is 0.875 bits per heavy atom.